The molecule has 0 fully saturated rings. The molecule has 0 saturated carbocycles. The fraction of sp³-hybridized carbons (Fsp3) is 0.200. The molecule has 6 nitrogen and oxygen atoms in total. The first kappa shape index (κ1) is 14.6. The summed E-state index contributed by atoms with van der Waals surface area (Å²) in [5, 5.41) is 6.74. The molecule has 1 aromatic heterocycles. The lowest BCUT2D eigenvalue weighted by atomic mass is 10.1. The van der Waals surface area contributed by atoms with E-state index < -0.39 is 0 Å². The maximum Gasteiger partial charge on any atom is 0.249 e. The third-order valence-corrected chi connectivity index (χ3v) is 2.82. The SMILES string of the molecule is COc1ccc(OC)c(/C=C/C(=O)Nc2ccn(C)n2)c1. The Hall–Kier alpha value is -2.76. The average molecular weight is 287 g/mol. The molecule has 0 bridgehead atoms. The Labute approximate surface area is 123 Å². The number of aromatic nitrogens is 2. The van der Waals surface area contributed by atoms with Gasteiger partial charge in [-0.05, 0) is 24.3 Å². The molecule has 2 aromatic rings. The lowest BCUT2D eigenvalue weighted by Crippen LogP contribution is -2.08. The molecule has 0 spiro atoms. The third-order valence-electron chi connectivity index (χ3n) is 2.82. The van der Waals surface area contributed by atoms with Crippen molar-refractivity contribution < 1.29 is 14.3 Å². The summed E-state index contributed by atoms with van der Waals surface area (Å²) in [6.07, 6.45) is 4.84. The van der Waals surface area contributed by atoms with Crippen LogP contribution in [0.5, 0.6) is 11.5 Å². The Morgan fingerprint density at radius 2 is 2.10 bits per heavy atom. The number of carbonyl (C=O) groups excluding carboxylic acids is 1. The van der Waals surface area contributed by atoms with Crippen molar-refractivity contribution in [3.05, 3.63) is 42.1 Å². The van der Waals surface area contributed by atoms with Gasteiger partial charge in [-0.3, -0.25) is 9.48 Å². The summed E-state index contributed by atoms with van der Waals surface area (Å²) in [4.78, 5) is 11.8. The highest BCUT2D eigenvalue weighted by Crippen LogP contribution is 2.25. The summed E-state index contributed by atoms with van der Waals surface area (Å²) >= 11 is 0. The highest BCUT2D eigenvalue weighted by molar-refractivity contribution is 6.01. The van der Waals surface area contributed by atoms with Crippen LogP contribution in [0.3, 0.4) is 0 Å². The highest BCUT2D eigenvalue weighted by Gasteiger charge is 2.04. The molecule has 0 aliphatic carbocycles. The summed E-state index contributed by atoms with van der Waals surface area (Å²) < 4.78 is 12.0. The third kappa shape index (κ3) is 3.85. The zero-order valence-corrected chi connectivity index (χ0v) is 12.2. The summed E-state index contributed by atoms with van der Waals surface area (Å²) in [6, 6.07) is 7.10. The van der Waals surface area contributed by atoms with E-state index in [1.165, 1.54) is 6.08 Å². The van der Waals surface area contributed by atoms with Gasteiger partial charge in [-0.2, -0.15) is 5.10 Å². The van der Waals surface area contributed by atoms with E-state index in [1.807, 2.05) is 0 Å². The molecule has 1 amide bonds. The molecule has 0 aliphatic rings. The molecule has 21 heavy (non-hydrogen) atoms. The molecule has 110 valence electrons. The smallest absolute Gasteiger partial charge is 0.249 e. The second kappa shape index (κ2) is 6.60. The minimum Gasteiger partial charge on any atom is -0.497 e. The second-order valence-electron chi connectivity index (χ2n) is 4.31. The highest BCUT2D eigenvalue weighted by atomic mass is 16.5. The molecule has 0 saturated heterocycles. The van der Waals surface area contributed by atoms with Crippen molar-refractivity contribution in [3.8, 4) is 11.5 Å². The largest absolute Gasteiger partial charge is 0.497 e. The molecule has 6 heteroatoms. The number of rotatable bonds is 5. The zero-order valence-electron chi connectivity index (χ0n) is 12.2. The number of hydrogen-bond acceptors (Lipinski definition) is 4. The van der Waals surface area contributed by atoms with Crippen LogP contribution in [0.1, 0.15) is 5.56 Å². The lowest BCUT2D eigenvalue weighted by Gasteiger charge is -2.07. The van der Waals surface area contributed by atoms with E-state index in [0.717, 1.165) is 5.56 Å². The van der Waals surface area contributed by atoms with Crippen LogP contribution >= 0.6 is 0 Å². The van der Waals surface area contributed by atoms with Crippen LogP contribution in [-0.4, -0.2) is 29.9 Å². The standard InChI is InChI=1S/C15H17N3O3/c1-18-9-8-14(17-18)16-15(19)7-4-11-10-12(20-2)5-6-13(11)21-3/h4-10H,1-3H3,(H,16,17,19)/b7-4+. The number of hydrogen-bond donors (Lipinski definition) is 1. The molecule has 0 unspecified atom stereocenters. The number of ether oxygens (including phenoxy) is 2. The summed E-state index contributed by atoms with van der Waals surface area (Å²) in [7, 11) is 4.95. The lowest BCUT2D eigenvalue weighted by molar-refractivity contribution is -0.111. The molecule has 1 heterocycles. The van der Waals surface area contributed by atoms with Crippen molar-refractivity contribution in [2.24, 2.45) is 7.05 Å². The van der Waals surface area contributed by atoms with E-state index in [0.29, 0.717) is 17.3 Å². The van der Waals surface area contributed by atoms with Crippen LogP contribution in [0, 0.1) is 0 Å². The van der Waals surface area contributed by atoms with Gasteiger partial charge in [-0.25, -0.2) is 0 Å². The van der Waals surface area contributed by atoms with Gasteiger partial charge >= 0.3 is 0 Å². The minimum atomic E-state index is -0.265. The number of methoxy groups -OCH3 is 2. The van der Waals surface area contributed by atoms with Gasteiger partial charge in [0.2, 0.25) is 5.91 Å². The molecular formula is C15H17N3O3. The predicted octanol–water partition coefficient (Wildman–Crippen LogP) is 2.09. The topological polar surface area (TPSA) is 65.4 Å². The number of amides is 1. The monoisotopic (exact) mass is 287 g/mol. The first-order valence-electron chi connectivity index (χ1n) is 6.33. The molecular weight excluding hydrogens is 270 g/mol. The first-order valence-corrected chi connectivity index (χ1v) is 6.33. The summed E-state index contributed by atoms with van der Waals surface area (Å²) in [5.74, 6) is 1.60. The molecule has 0 radical (unpaired) electrons. The Morgan fingerprint density at radius 3 is 2.71 bits per heavy atom. The van der Waals surface area contributed by atoms with E-state index in [9.17, 15) is 4.79 Å². The van der Waals surface area contributed by atoms with Crippen molar-refractivity contribution in [2.45, 2.75) is 0 Å². The number of nitrogens with zero attached hydrogens (tertiary/aromatic N) is 2. The van der Waals surface area contributed by atoms with Gasteiger partial charge in [0.15, 0.2) is 5.82 Å². The van der Waals surface area contributed by atoms with Crippen LogP contribution < -0.4 is 14.8 Å². The normalized spacial score (nSPS) is 10.6. The van der Waals surface area contributed by atoms with E-state index in [1.54, 1.807) is 62.5 Å². The van der Waals surface area contributed by atoms with Crippen molar-refractivity contribution in [1.82, 2.24) is 9.78 Å². The fourth-order valence-corrected chi connectivity index (χ4v) is 1.78. The molecule has 0 aliphatic heterocycles. The Kier molecular flexibility index (Phi) is 4.61. The van der Waals surface area contributed by atoms with Crippen LogP contribution in [0.15, 0.2) is 36.5 Å². The van der Waals surface area contributed by atoms with Crippen LogP contribution in [0.2, 0.25) is 0 Å². The van der Waals surface area contributed by atoms with Gasteiger partial charge in [-0.1, -0.05) is 0 Å². The maximum absolute atomic E-state index is 11.8. The Balaban J connectivity index is 2.10. The van der Waals surface area contributed by atoms with Gasteiger partial charge in [0.05, 0.1) is 14.2 Å². The van der Waals surface area contributed by atoms with Gasteiger partial charge in [-0.15, -0.1) is 0 Å². The molecule has 1 aromatic carbocycles. The predicted molar refractivity (Wildman–Crippen MR) is 80.4 cm³/mol. The Morgan fingerprint density at radius 1 is 1.29 bits per heavy atom. The molecule has 2 rings (SSSR count). The maximum atomic E-state index is 11.8. The van der Waals surface area contributed by atoms with Gasteiger partial charge in [0.25, 0.3) is 0 Å². The van der Waals surface area contributed by atoms with Crippen molar-refractivity contribution >= 4 is 17.8 Å². The van der Waals surface area contributed by atoms with Crippen molar-refractivity contribution in [3.63, 3.8) is 0 Å². The minimum absolute atomic E-state index is 0.265. The summed E-state index contributed by atoms with van der Waals surface area (Å²) in [6.45, 7) is 0. The van der Waals surface area contributed by atoms with Crippen LogP contribution in [-0.2, 0) is 11.8 Å². The fourth-order valence-electron chi connectivity index (χ4n) is 1.78. The average Bonchev–Trinajstić information content (AvgIpc) is 2.89. The number of carbonyl (C=O) groups is 1. The molecule has 1 N–H and O–H groups in total. The van der Waals surface area contributed by atoms with E-state index >= 15 is 0 Å². The first-order chi connectivity index (χ1) is 10.1. The van der Waals surface area contributed by atoms with Crippen molar-refractivity contribution in [2.75, 3.05) is 19.5 Å². The number of anilines is 1. The number of benzene rings is 1. The second-order valence-corrected chi connectivity index (χ2v) is 4.31. The van der Waals surface area contributed by atoms with E-state index in [-0.39, 0.29) is 5.91 Å². The van der Waals surface area contributed by atoms with Crippen molar-refractivity contribution in [1.29, 1.82) is 0 Å². The summed E-state index contributed by atoms with van der Waals surface area (Å²) in [5.41, 5.74) is 0.757. The van der Waals surface area contributed by atoms with Gasteiger partial charge in [0.1, 0.15) is 11.5 Å². The number of nitrogens with one attached hydrogen (secondary N) is 1. The van der Waals surface area contributed by atoms with Crippen LogP contribution in [0.25, 0.3) is 6.08 Å². The zero-order chi connectivity index (χ0) is 15.2. The van der Waals surface area contributed by atoms with Crippen LogP contribution in [0.4, 0.5) is 5.82 Å². The quantitative estimate of drug-likeness (QED) is 0.855. The van der Waals surface area contributed by atoms with E-state index in [4.69, 9.17) is 9.47 Å². The number of aryl methyl sites for hydroxylation is 1. The van der Waals surface area contributed by atoms with E-state index in [2.05, 4.69) is 10.4 Å². The molecule has 0 atom stereocenters. The van der Waals surface area contributed by atoms with Gasteiger partial charge < -0.3 is 14.8 Å². The van der Waals surface area contributed by atoms with Gasteiger partial charge in [0, 0.05) is 31.0 Å². The Bertz CT molecular complexity index is 662.